The summed E-state index contributed by atoms with van der Waals surface area (Å²) in [4.78, 5) is 38.6. The van der Waals surface area contributed by atoms with E-state index in [1.165, 1.54) is 0 Å². The first kappa shape index (κ1) is 19.0. The number of benzene rings is 3. The van der Waals surface area contributed by atoms with Gasteiger partial charge in [0, 0.05) is 5.69 Å². The quantitative estimate of drug-likeness (QED) is 0.635. The van der Waals surface area contributed by atoms with Crippen molar-refractivity contribution in [2.45, 2.75) is 6.92 Å². The fourth-order valence-electron chi connectivity index (χ4n) is 3.13. The zero-order valence-electron chi connectivity index (χ0n) is 15.7. The summed E-state index contributed by atoms with van der Waals surface area (Å²) in [5.41, 5.74) is 2.56. The van der Waals surface area contributed by atoms with Crippen LogP contribution in [0, 0.1) is 6.92 Å². The number of aryl methyl sites for hydroxylation is 1. The maximum atomic E-state index is 12.7. The van der Waals surface area contributed by atoms with Crippen LogP contribution in [0.1, 0.15) is 11.1 Å². The van der Waals surface area contributed by atoms with E-state index in [0.717, 1.165) is 38.6 Å². The molecule has 144 valence electrons. The van der Waals surface area contributed by atoms with Crippen LogP contribution in [0.15, 0.2) is 71.6 Å². The number of imide groups is 1. The zero-order chi connectivity index (χ0) is 20.4. The predicted octanol–water partition coefficient (Wildman–Crippen LogP) is 4.82. The molecule has 29 heavy (non-hydrogen) atoms. The molecule has 0 unspecified atom stereocenters. The Kier molecular flexibility index (Phi) is 5.18. The molecule has 1 N–H and O–H groups in total. The van der Waals surface area contributed by atoms with Gasteiger partial charge in [0.25, 0.3) is 11.1 Å². The fourth-order valence-corrected chi connectivity index (χ4v) is 3.96. The second-order valence-corrected chi connectivity index (χ2v) is 7.74. The van der Waals surface area contributed by atoms with Gasteiger partial charge in [-0.05, 0) is 53.2 Å². The summed E-state index contributed by atoms with van der Waals surface area (Å²) >= 11 is 0.854. The first-order valence-corrected chi connectivity index (χ1v) is 9.92. The monoisotopic (exact) mass is 402 g/mol. The maximum absolute atomic E-state index is 12.7. The van der Waals surface area contributed by atoms with Crippen LogP contribution in [0.25, 0.3) is 16.8 Å². The van der Waals surface area contributed by atoms with Gasteiger partial charge < -0.3 is 5.32 Å². The highest BCUT2D eigenvalue weighted by molar-refractivity contribution is 8.18. The van der Waals surface area contributed by atoms with E-state index in [9.17, 15) is 14.4 Å². The van der Waals surface area contributed by atoms with E-state index in [4.69, 9.17) is 0 Å². The van der Waals surface area contributed by atoms with Crippen LogP contribution in [0.3, 0.4) is 0 Å². The van der Waals surface area contributed by atoms with E-state index in [2.05, 4.69) is 5.32 Å². The van der Waals surface area contributed by atoms with Crippen molar-refractivity contribution < 1.29 is 14.4 Å². The smallest absolute Gasteiger partial charge is 0.294 e. The summed E-state index contributed by atoms with van der Waals surface area (Å²) in [6, 6.07) is 21.0. The molecule has 0 bridgehead atoms. The first-order chi connectivity index (χ1) is 14.0. The van der Waals surface area contributed by atoms with Crippen molar-refractivity contribution in [1.82, 2.24) is 4.90 Å². The Hall–Kier alpha value is -3.38. The highest BCUT2D eigenvalue weighted by atomic mass is 32.2. The van der Waals surface area contributed by atoms with Crippen LogP contribution in [-0.2, 0) is 9.59 Å². The van der Waals surface area contributed by atoms with Crippen molar-refractivity contribution >= 4 is 51.4 Å². The van der Waals surface area contributed by atoms with Crippen molar-refractivity contribution in [3.05, 3.63) is 82.8 Å². The van der Waals surface area contributed by atoms with Gasteiger partial charge in [0.05, 0.1) is 4.91 Å². The van der Waals surface area contributed by atoms with Crippen molar-refractivity contribution in [3.63, 3.8) is 0 Å². The summed E-state index contributed by atoms with van der Waals surface area (Å²) in [5, 5.41) is 4.32. The van der Waals surface area contributed by atoms with E-state index in [0.29, 0.717) is 10.6 Å². The number of nitrogens with zero attached hydrogens (tertiary/aromatic N) is 1. The summed E-state index contributed by atoms with van der Waals surface area (Å²) in [5.74, 6) is -0.866. The van der Waals surface area contributed by atoms with Gasteiger partial charge in [0.2, 0.25) is 5.91 Å². The van der Waals surface area contributed by atoms with E-state index in [1.54, 1.807) is 18.2 Å². The molecule has 0 spiro atoms. The third-order valence-electron chi connectivity index (χ3n) is 4.62. The minimum Gasteiger partial charge on any atom is -0.325 e. The van der Waals surface area contributed by atoms with E-state index in [-0.39, 0.29) is 6.54 Å². The van der Waals surface area contributed by atoms with E-state index < -0.39 is 17.1 Å². The Bertz CT molecular complexity index is 1150. The van der Waals surface area contributed by atoms with Gasteiger partial charge in [-0.15, -0.1) is 0 Å². The van der Waals surface area contributed by atoms with Crippen molar-refractivity contribution in [1.29, 1.82) is 0 Å². The second-order valence-electron chi connectivity index (χ2n) is 6.75. The van der Waals surface area contributed by atoms with Gasteiger partial charge in [-0.1, -0.05) is 60.2 Å². The topological polar surface area (TPSA) is 66.5 Å². The zero-order valence-corrected chi connectivity index (χ0v) is 16.5. The Morgan fingerprint density at radius 2 is 1.72 bits per heavy atom. The van der Waals surface area contributed by atoms with Gasteiger partial charge in [0.15, 0.2) is 0 Å². The lowest BCUT2D eigenvalue weighted by atomic mass is 10.0. The van der Waals surface area contributed by atoms with Crippen molar-refractivity contribution in [2.24, 2.45) is 0 Å². The maximum Gasteiger partial charge on any atom is 0.294 e. The number of fused-ring (bicyclic) bond motifs is 1. The summed E-state index contributed by atoms with van der Waals surface area (Å²) < 4.78 is 0. The normalized spacial score (nSPS) is 15.3. The van der Waals surface area contributed by atoms with Crippen molar-refractivity contribution in [2.75, 3.05) is 11.9 Å². The molecule has 3 amide bonds. The molecule has 4 rings (SSSR count). The lowest BCUT2D eigenvalue weighted by Gasteiger charge is -2.12. The van der Waals surface area contributed by atoms with E-state index >= 15 is 0 Å². The number of hydrogen-bond acceptors (Lipinski definition) is 4. The third-order valence-corrected chi connectivity index (χ3v) is 5.53. The van der Waals surface area contributed by atoms with Crippen LogP contribution in [0.4, 0.5) is 10.5 Å². The average molecular weight is 402 g/mol. The minimum atomic E-state index is -0.452. The molecule has 1 aliphatic rings. The number of carbonyl (C=O) groups excluding carboxylic acids is 3. The summed E-state index contributed by atoms with van der Waals surface area (Å²) in [7, 11) is 0. The standard InChI is InChI=1S/C23H18N2O3S/c1-15-9-11-18(12-10-15)24-21(26)14-25-22(27)20(29-23(25)28)13-17-7-4-6-16-5-2-3-8-19(16)17/h2-13H,14H2,1H3,(H,24,26)/b20-13+. The number of hydrogen-bond donors (Lipinski definition) is 1. The number of nitrogens with one attached hydrogen (secondary N) is 1. The van der Waals surface area contributed by atoms with Crippen LogP contribution < -0.4 is 5.32 Å². The van der Waals surface area contributed by atoms with Crippen LogP contribution in [0.2, 0.25) is 0 Å². The van der Waals surface area contributed by atoms with Crippen LogP contribution >= 0.6 is 11.8 Å². The molecule has 3 aromatic rings. The number of carbonyl (C=O) groups is 3. The molecule has 1 fully saturated rings. The summed E-state index contributed by atoms with van der Waals surface area (Å²) in [6.45, 7) is 1.64. The Labute approximate surface area is 172 Å². The Morgan fingerprint density at radius 3 is 2.52 bits per heavy atom. The molecular formula is C23H18N2O3S. The molecule has 5 nitrogen and oxygen atoms in total. The highest BCUT2D eigenvalue weighted by Crippen LogP contribution is 2.33. The van der Waals surface area contributed by atoms with Crippen LogP contribution in [0.5, 0.6) is 0 Å². The van der Waals surface area contributed by atoms with Gasteiger partial charge in [0.1, 0.15) is 6.54 Å². The van der Waals surface area contributed by atoms with Gasteiger partial charge >= 0.3 is 0 Å². The Balaban J connectivity index is 1.52. The largest absolute Gasteiger partial charge is 0.325 e. The number of anilines is 1. The van der Waals surface area contributed by atoms with Crippen LogP contribution in [-0.4, -0.2) is 28.5 Å². The second kappa shape index (κ2) is 7.93. The average Bonchev–Trinajstić information content (AvgIpc) is 2.97. The molecule has 3 aromatic carbocycles. The number of rotatable bonds is 4. The number of thioether (sulfide) groups is 1. The minimum absolute atomic E-state index is 0.314. The molecule has 0 saturated carbocycles. The molecule has 0 radical (unpaired) electrons. The van der Waals surface area contributed by atoms with Crippen molar-refractivity contribution in [3.8, 4) is 0 Å². The molecule has 1 heterocycles. The molecule has 0 aliphatic carbocycles. The Morgan fingerprint density at radius 1 is 1.00 bits per heavy atom. The highest BCUT2D eigenvalue weighted by Gasteiger charge is 2.36. The molecule has 1 saturated heterocycles. The van der Waals surface area contributed by atoms with Gasteiger partial charge in [-0.3, -0.25) is 19.3 Å². The third kappa shape index (κ3) is 4.07. The SMILES string of the molecule is Cc1ccc(NC(=O)CN2C(=O)S/C(=C/c3cccc4ccccc34)C2=O)cc1. The van der Waals surface area contributed by atoms with E-state index in [1.807, 2.05) is 61.5 Å². The summed E-state index contributed by atoms with van der Waals surface area (Å²) in [6.07, 6.45) is 1.71. The fraction of sp³-hybridized carbons (Fsp3) is 0.0870. The molecule has 1 aliphatic heterocycles. The molecule has 6 heteroatoms. The van der Waals surface area contributed by atoms with Gasteiger partial charge in [-0.2, -0.15) is 0 Å². The lowest BCUT2D eigenvalue weighted by Crippen LogP contribution is -2.36. The first-order valence-electron chi connectivity index (χ1n) is 9.11. The number of amides is 3. The van der Waals surface area contributed by atoms with Gasteiger partial charge in [-0.25, -0.2) is 0 Å². The molecule has 0 atom stereocenters. The molecule has 0 aromatic heterocycles. The lowest BCUT2D eigenvalue weighted by molar-refractivity contribution is -0.127. The predicted molar refractivity (Wildman–Crippen MR) is 116 cm³/mol. The molecular weight excluding hydrogens is 384 g/mol.